The minimum Gasteiger partial charge on any atom is -0.500 e. The second-order valence-corrected chi connectivity index (χ2v) is 9.11. The maximum Gasteiger partial charge on any atom is 0.120 e. The van der Waals surface area contributed by atoms with Gasteiger partial charge in [-0.05, 0) is 46.6 Å². The number of furan rings is 1. The van der Waals surface area contributed by atoms with Crippen molar-refractivity contribution in [2.75, 3.05) is 0 Å². The third-order valence-electron chi connectivity index (χ3n) is 6.32. The van der Waals surface area contributed by atoms with E-state index in [-0.39, 0.29) is 30.9 Å². The molecule has 0 saturated carbocycles. The standard InChI is InChI=1S/C25H24NO.Ir/c1-24(2)11-12-25(3,4)20-15-26-21(14-19(20)24)16-9-10-23-18(13-16)17-7-5-6-8-22(17)27-23;/h5-8,10,13-15H,11-12H2,1-4H3;/q-1;. The van der Waals surface area contributed by atoms with Crippen molar-refractivity contribution >= 4 is 21.9 Å². The third-order valence-corrected chi connectivity index (χ3v) is 6.32. The molecule has 2 aromatic carbocycles. The molecule has 28 heavy (non-hydrogen) atoms. The first-order chi connectivity index (χ1) is 12.9. The minimum absolute atomic E-state index is 0. The number of hydrogen-bond donors (Lipinski definition) is 0. The monoisotopic (exact) mass is 547 g/mol. The number of rotatable bonds is 1. The van der Waals surface area contributed by atoms with Crippen LogP contribution in [0.1, 0.15) is 51.7 Å². The predicted octanol–water partition coefficient (Wildman–Crippen LogP) is 6.79. The van der Waals surface area contributed by atoms with Crippen molar-refractivity contribution in [3.63, 3.8) is 0 Å². The van der Waals surface area contributed by atoms with Crippen LogP contribution in [0.15, 0.2) is 53.1 Å². The van der Waals surface area contributed by atoms with Crippen molar-refractivity contribution < 1.29 is 24.5 Å². The van der Waals surface area contributed by atoms with Gasteiger partial charge in [-0.2, -0.15) is 0 Å². The topological polar surface area (TPSA) is 26.0 Å². The van der Waals surface area contributed by atoms with E-state index >= 15 is 0 Å². The summed E-state index contributed by atoms with van der Waals surface area (Å²) in [6.45, 7) is 9.36. The van der Waals surface area contributed by atoms with Crippen LogP contribution in [0.2, 0.25) is 0 Å². The second-order valence-electron chi connectivity index (χ2n) is 9.11. The number of pyridine rings is 1. The molecule has 0 fully saturated rings. The van der Waals surface area contributed by atoms with Crippen molar-refractivity contribution in [3.8, 4) is 11.3 Å². The van der Waals surface area contributed by atoms with Gasteiger partial charge in [-0.25, -0.2) is 0 Å². The van der Waals surface area contributed by atoms with E-state index in [0.29, 0.717) is 0 Å². The first kappa shape index (κ1) is 19.4. The van der Waals surface area contributed by atoms with Crippen LogP contribution >= 0.6 is 0 Å². The van der Waals surface area contributed by atoms with E-state index in [4.69, 9.17) is 9.40 Å². The normalized spacial score (nSPS) is 17.3. The first-order valence-corrected chi connectivity index (χ1v) is 9.70. The fraction of sp³-hybridized carbons (Fsp3) is 0.320. The molecule has 2 heterocycles. The molecule has 0 N–H and O–H groups in total. The Morgan fingerprint density at radius 2 is 1.61 bits per heavy atom. The van der Waals surface area contributed by atoms with Gasteiger partial charge >= 0.3 is 0 Å². The van der Waals surface area contributed by atoms with E-state index < -0.39 is 0 Å². The summed E-state index contributed by atoms with van der Waals surface area (Å²) in [4.78, 5) is 4.83. The van der Waals surface area contributed by atoms with E-state index in [1.54, 1.807) is 0 Å². The van der Waals surface area contributed by atoms with E-state index in [1.165, 1.54) is 24.0 Å². The van der Waals surface area contributed by atoms with Crippen LogP contribution in [0.3, 0.4) is 0 Å². The molecule has 5 rings (SSSR count). The molecular weight excluding hydrogens is 522 g/mol. The largest absolute Gasteiger partial charge is 0.500 e. The fourth-order valence-electron chi connectivity index (χ4n) is 4.41. The Balaban J connectivity index is 0.00000192. The van der Waals surface area contributed by atoms with Crippen LogP contribution in [-0.2, 0) is 30.9 Å². The van der Waals surface area contributed by atoms with Crippen LogP contribution in [0.4, 0.5) is 0 Å². The van der Waals surface area contributed by atoms with Gasteiger partial charge < -0.3 is 9.40 Å². The van der Waals surface area contributed by atoms with Crippen molar-refractivity contribution in [3.05, 3.63) is 65.9 Å². The summed E-state index contributed by atoms with van der Waals surface area (Å²) < 4.78 is 5.94. The van der Waals surface area contributed by atoms with Crippen molar-refractivity contribution in [1.82, 2.24) is 4.98 Å². The smallest absolute Gasteiger partial charge is 0.120 e. The predicted molar refractivity (Wildman–Crippen MR) is 111 cm³/mol. The Morgan fingerprint density at radius 1 is 0.893 bits per heavy atom. The van der Waals surface area contributed by atoms with Gasteiger partial charge in [0.25, 0.3) is 0 Å². The third kappa shape index (κ3) is 2.93. The molecule has 1 radical (unpaired) electrons. The van der Waals surface area contributed by atoms with Crippen LogP contribution in [0.25, 0.3) is 33.2 Å². The van der Waals surface area contributed by atoms with Gasteiger partial charge in [-0.3, -0.25) is 0 Å². The summed E-state index contributed by atoms with van der Waals surface area (Å²) in [5.74, 6) is 0. The van der Waals surface area contributed by atoms with Crippen LogP contribution in [0.5, 0.6) is 0 Å². The maximum absolute atomic E-state index is 5.94. The molecule has 2 aromatic heterocycles. The molecule has 0 amide bonds. The molecule has 0 saturated heterocycles. The number of benzene rings is 2. The van der Waals surface area contributed by atoms with Crippen molar-refractivity contribution in [1.29, 1.82) is 0 Å². The van der Waals surface area contributed by atoms with Gasteiger partial charge in [0.05, 0.1) is 5.58 Å². The Morgan fingerprint density at radius 3 is 2.39 bits per heavy atom. The zero-order chi connectivity index (χ0) is 18.8. The number of nitrogens with zero attached hydrogens (tertiary/aromatic N) is 1. The summed E-state index contributed by atoms with van der Waals surface area (Å²) >= 11 is 0. The van der Waals surface area contributed by atoms with Crippen molar-refractivity contribution in [2.45, 2.75) is 51.4 Å². The fourth-order valence-corrected chi connectivity index (χ4v) is 4.41. The Labute approximate surface area is 179 Å². The van der Waals surface area contributed by atoms with Gasteiger partial charge in [0.15, 0.2) is 0 Å². The average molecular weight is 547 g/mol. The van der Waals surface area contributed by atoms with Gasteiger partial charge in [0.1, 0.15) is 5.58 Å². The molecule has 0 aliphatic heterocycles. The summed E-state index contributed by atoms with van der Waals surface area (Å²) in [6.07, 6.45) is 4.50. The van der Waals surface area contributed by atoms with Gasteiger partial charge in [0, 0.05) is 31.7 Å². The molecule has 1 aliphatic carbocycles. The zero-order valence-electron chi connectivity index (χ0n) is 16.7. The molecule has 145 valence electrons. The van der Waals surface area contributed by atoms with Crippen LogP contribution < -0.4 is 0 Å². The Bertz CT molecular complexity index is 1190. The molecule has 4 aromatic rings. The van der Waals surface area contributed by atoms with E-state index in [1.807, 2.05) is 18.2 Å². The first-order valence-electron chi connectivity index (χ1n) is 9.70. The number of hydrogen-bond acceptors (Lipinski definition) is 2. The number of fused-ring (bicyclic) bond motifs is 4. The summed E-state index contributed by atoms with van der Waals surface area (Å²) in [7, 11) is 0. The van der Waals surface area contributed by atoms with Gasteiger partial charge in [-0.1, -0.05) is 57.3 Å². The molecule has 0 unspecified atom stereocenters. The SMILES string of the molecule is CC1(C)CCC(C)(C)c2cc(-c3[c-]cc4oc5ccccc5c4c3)ncc21.[Ir]. The number of aromatic nitrogens is 1. The van der Waals surface area contributed by atoms with Gasteiger partial charge in [0.2, 0.25) is 0 Å². The number of para-hydroxylation sites is 1. The molecule has 1 aliphatic rings. The molecule has 2 nitrogen and oxygen atoms in total. The summed E-state index contributed by atoms with van der Waals surface area (Å²) in [5.41, 5.74) is 6.98. The molecule has 0 bridgehead atoms. The quantitative estimate of drug-likeness (QED) is 0.246. The molecular formula is C25H24IrNO-. The molecule has 0 spiro atoms. The van der Waals surface area contributed by atoms with Crippen LogP contribution in [-0.4, -0.2) is 4.98 Å². The van der Waals surface area contributed by atoms with Crippen molar-refractivity contribution in [2.24, 2.45) is 0 Å². The molecule has 0 atom stereocenters. The second kappa shape index (κ2) is 6.54. The van der Waals surface area contributed by atoms with Gasteiger partial charge in [-0.15, -0.1) is 23.8 Å². The van der Waals surface area contributed by atoms with E-state index in [2.05, 4.69) is 64.2 Å². The zero-order valence-corrected chi connectivity index (χ0v) is 19.1. The summed E-state index contributed by atoms with van der Waals surface area (Å²) in [6, 6.07) is 18.0. The van der Waals surface area contributed by atoms with E-state index in [9.17, 15) is 0 Å². The Hall–Kier alpha value is -1.96. The summed E-state index contributed by atoms with van der Waals surface area (Å²) in [5, 5.41) is 2.26. The van der Waals surface area contributed by atoms with Crippen LogP contribution in [0, 0.1) is 6.07 Å². The minimum atomic E-state index is 0. The molecule has 3 heteroatoms. The van der Waals surface area contributed by atoms with E-state index in [0.717, 1.165) is 33.2 Å². The average Bonchev–Trinajstić information content (AvgIpc) is 3.03. The Kier molecular flexibility index (Phi) is 4.52. The maximum atomic E-state index is 5.94.